The predicted molar refractivity (Wildman–Crippen MR) is 102 cm³/mol. The van der Waals surface area contributed by atoms with Crippen LogP contribution in [0.2, 0.25) is 0 Å². The van der Waals surface area contributed by atoms with E-state index in [-0.39, 0.29) is 6.54 Å². The molecule has 2 heterocycles. The summed E-state index contributed by atoms with van der Waals surface area (Å²) in [6.07, 6.45) is 2.91. The van der Waals surface area contributed by atoms with E-state index in [4.69, 9.17) is 5.26 Å². The number of hydrogen-bond donors (Lipinski definition) is 0. The number of thioether (sulfide) groups is 1. The summed E-state index contributed by atoms with van der Waals surface area (Å²) in [5.74, 6) is 1.11. The van der Waals surface area contributed by atoms with Gasteiger partial charge in [0.1, 0.15) is 12.2 Å². The molecule has 0 saturated heterocycles. The number of fused-ring (bicyclic) bond motifs is 1. The molecule has 0 saturated carbocycles. The quantitative estimate of drug-likeness (QED) is 0.480. The van der Waals surface area contributed by atoms with Crippen molar-refractivity contribution in [3.63, 3.8) is 0 Å². The van der Waals surface area contributed by atoms with Gasteiger partial charge in [-0.25, -0.2) is 9.67 Å². The number of nitrogens with zero attached hydrogens (tertiary/aromatic N) is 5. The molecule has 2 aromatic heterocycles. The maximum Gasteiger partial charge on any atom is 0.159 e. The lowest BCUT2D eigenvalue weighted by Gasteiger charge is -2.08. The molecule has 0 spiro atoms. The van der Waals surface area contributed by atoms with E-state index in [1.54, 1.807) is 10.9 Å². The van der Waals surface area contributed by atoms with Gasteiger partial charge < -0.3 is 4.90 Å². The maximum atomic E-state index is 8.99. The average Bonchev–Trinajstić information content (AvgIpc) is 2.98. The fourth-order valence-corrected chi connectivity index (χ4v) is 3.52. The zero-order chi connectivity index (χ0) is 17.6. The molecule has 128 valence electrons. The Hall–Kier alpha value is -2.36. The van der Waals surface area contributed by atoms with Crippen molar-refractivity contribution >= 4 is 22.8 Å². The molecular formula is C19H21N5S. The molecule has 0 radical (unpaired) electrons. The van der Waals surface area contributed by atoms with Crippen LogP contribution in [-0.4, -0.2) is 46.1 Å². The van der Waals surface area contributed by atoms with Crippen LogP contribution in [0.4, 0.5) is 0 Å². The molecule has 0 bridgehead atoms. The van der Waals surface area contributed by atoms with Gasteiger partial charge >= 0.3 is 0 Å². The van der Waals surface area contributed by atoms with Gasteiger partial charge in [-0.2, -0.15) is 10.4 Å². The van der Waals surface area contributed by atoms with E-state index < -0.39 is 0 Å². The Labute approximate surface area is 152 Å². The fraction of sp³-hybridized carbons (Fsp3) is 0.316. The molecule has 0 unspecified atom stereocenters. The van der Waals surface area contributed by atoms with Gasteiger partial charge in [-0.15, -0.1) is 11.8 Å². The van der Waals surface area contributed by atoms with Gasteiger partial charge in [0.05, 0.1) is 6.07 Å². The van der Waals surface area contributed by atoms with Crippen molar-refractivity contribution in [3.8, 4) is 17.3 Å². The molecule has 0 amide bonds. The van der Waals surface area contributed by atoms with Crippen LogP contribution >= 0.6 is 11.8 Å². The molecule has 0 N–H and O–H groups in total. The fourth-order valence-electron chi connectivity index (χ4n) is 2.68. The van der Waals surface area contributed by atoms with Gasteiger partial charge in [-0.05, 0) is 57.1 Å². The lowest BCUT2D eigenvalue weighted by Crippen LogP contribution is -2.13. The van der Waals surface area contributed by atoms with Crippen LogP contribution in [0, 0.1) is 11.3 Å². The number of aromatic nitrogens is 3. The molecule has 3 rings (SSSR count). The zero-order valence-electron chi connectivity index (χ0n) is 14.5. The summed E-state index contributed by atoms with van der Waals surface area (Å²) < 4.78 is 1.66. The molecule has 0 aliphatic carbocycles. The van der Waals surface area contributed by atoms with Crippen molar-refractivity contribution in [3.05, 3.63) is 42.6 Å². The van der Waals surface area contributed by atoms with E-state index in [1.165, 1.54) is 11.3 Å². The van der Waals surface area contributed by atoms with Crippen LogP contribution in [-0.2, 0) is 6.54 Å². The van der Waals surface area contributed by atoms with Gasteiger partial charge in [-0.1, -0.05) is 12.1 Å². The molecule has 0 fully saturated rings. The second kappa shape index (κ2) is 8.15. The average molecular weight is 351 g/mol. The van der Waals surface area contributed by atoms with Crippen molar-refractivity contribution in [2.45, 2.75) is 17.9 Å². The van der Waals surface area contributed by atoms with Crippen LogP contribution < -0.4 is 0 Å². The Bertz CT molecular complexity index is 877. The number of pyridine rings is 1. The summed E-state index contributed by atoms with van der Waals surface area (Å²) in [5.41, 5.74) is 2.68. The lowest BCUT2D eigenvalue weighted by molar-refractivity contribution is 0.410. The second-order valence-electron chi connectivity index (χ2n) is 6.07. The molecule has 0 aliphatic rings. The van der Waals surface area contributed by atoms with Gasteiger partial charge in [0.2, 0.25) is 0 Å². The second-order valence-corrected chi connectivity index (χ2v) is 7.24. The van der Waals surface area contributed by atoms with Crippen LogP contribution in [0.1, 0.15) is 6.42 Å². The van der Waals surface area contributed by atoms with E-state index >= 15 is 0 Å². The summed E-state index contributed by atoms with van der Waals surface area (Å²) in [7, 11) is 4.20. The zero-order valence-corrected chi connectivity index (χ0v) is 15.3. The third kappa shape index (κ3) is 4.19. The molecule has 6 heteroatoms. The van der Waals surface area contributed by atoms with Crippen LogP contribution in [0.3, 0.4) is 0 Å². The highest BCUT2D eigenvalue weighted by Gasteiger charge is 2.12. The minimum Gasteiger partial charge on any atom is -0.309 e. The Morgan fingerprint density at radius 1 is 1.20 bits per heavy atom. The summed E-state index contributed by atoms with van der Waals surface area (Å²) in [5, 5.41) is 14.6. The standard InChI is InChI=1S/C19H21N5S/c1-23(2)12-4-14-25-16-8-6-15(7-9-16)18-17-5-3-11-21-19(17)24(22-18)13-10-20/h3,5-9,11H,4,12-14H2,1-2H3. The predicted octanol–water partition coefficient (Wildman–Crippen LogP) is 3.67. The minimum atomic E-state index is 0.202. The van der Waals surface area contributed by atoms with E-state index in [2.05, 4.69) is 59.4 Å². The number of rotatable bonds is 7. The van der Waals surface area contributed by atoms with E-state index in [9.17, 15) is 0 Å². The Morgan fingerprint density at radius 2 is 2.00 bits per heavy atom. The van der Waals surface area contributed by atoms with Gasteiger partial charge in [-0.3, -0.25) is 0 Å². The smallest absolute Gasteiger partial charge is 0.159 e. The molecule has 1 aromatic carbocycles. The first-order valence-corrected chi connectivity index (χ1v) is 9.24. The third-order valence-corrected chi connectivity index (χ3v) is 4.97. The monoisotopic (exact) mass is 351 g/mol. The van der Waals surface area contributed by atoms with Gasteiger partial charge in [0.15, 0.2) is 5.65 Å². The van der Waals surface area contributed by atoms with E-state index in [0.717, 1.165) is 34.6 Å². The minimum absolute atomic E-state index is 0.202. The van der Waals surface area contributed by atoms with Crippen LogP contribution in [0.5, 0.6) is 0 Å². The summed E-state index contributed by atoms with van der Waals surface area (Å²) in [4.78, 5) is 7.84. The van der Waals surface area contributed by atoms with E-state index in [0.29, 0.717) is 0 Å². The molecule has 5 nitrogen and oxygen atoms in total. The number of hydrogen-bond acceptors (Lipinski definition) is 5. The SMILES string of the molecule is CN(C)CCCSc1ccc(-c2nn(CC#N)c3ncccc23)cc1. The first-order chi connectivity index (χ1) is 12.2. The van der Waals surface area contributed by atoms with Crippen molar-refractivity contribution in [1.29, 1.82) is 5.26 Å². The molecule has 25 heavy (non-hydrogen) atoms. The summed E-state index contributed by atoms with van der Waals surface area (Å²) in [6, 6.07) is 14.5. The first-order valence-electron chi connectivity index (χ1n) is 8.25. The van der Waals surface area contributed by atoms with Crippen molar-refractivity contribution < 1.29 is 0 Å². The van der Waals surface area contributed by atoms with Crippen molar-refractivity contribution in [2.24, 2.45) is 0 Å². The summed E-state index contributed by atoms with van der Waals surface area (Å²) in [6.45, 7) is 1.31. The van der Waals surface area contributed by atoms with Crippen molar-refractivity contribution in [1.82, 2.24) is 19.7 Å². The molecule has 0 aliphatic heterocycles. The third-order valence-electron chi connectivity index (χ3n) is 3.87. The number of nitriles is 1. The highest BCUT2D eigenvalue weighted by atomic mass is 32.2. The highest BCUT2D eigenvalue weighted by Crippen LogP contribution is 2.29. The van der Waals surface area contributed by atoms with Crippen molar-refractivity contribution in [2.75, 3.05) is 26.4 Å². The summed E-state index contributed by atoms with van der Waals surface area (Å²) >= 11 is 1.88. The lowest BCUT2D eigenvalue weighted by atomic mass is 10.1. The maximum absolute atomic E-state index is 8.99. The number of benzene rings is 1. The first kappa shape index (κ1) is 17.5. The highest BCUT2D eigenvalue weighted by molar-refractivity contribution is 7.99. The van der Waals surface area contributed by atoms with Gasteiger partial charge in [0.25, 0.3) is 0 Å². The molecule has 3 aromatic rings. The largest absolute Gasteiger partial charge is 0.309 e. The topological polar surface area (TPSA) is 57.7 Å². The van der Waals surface area contributed by atoms with Gasteiger partial charge in [0, 0.05) is 22.0 Å². The Balaban J connectivity index is 1.78. The molecular weight excluding hydrogens is 330 g/mol. The van der Waals surface area contributed by atoms with Crippen LogP contribution in [0.25, 0.3) is 22.3 Å². The molecule has 0 atom stereocenters. The Morgan fingerprint density at radius 3 is 2.72 bits per heavy atom. The van der Waals surface area contributed by atoms with E-state index in [1.807, 2.05) is 23.9 Å². The Kier molecular flexibility index (Phi) is 5.69. The normalized spacial score (nSPS) is 11.1. The van der Waals surface area contributed by atoms with Crippen LogP contribution in [0.15, 0.2) is 47.5 Å².